The molecule has 2 aromatic carbocycles. The van der Waals surface area contributed by atoms with Crippen molar-refractivity contribution in [2.45, 2.75) is 25.5 Å². The molecule has 5 rings (SSSR count). The third-order valence-corrected chi connectivity index (χ3v) is 6.13. The van der Waals surface area contributed by atoms with Gasteiger partial charge in [0.15, 0.2) is 0 Å². The summed E-state index contributed by atoms with van der Waals surface area (Å²) in [5.74, 6) is -0.663. The van der Waals surface area contributed by atoms with Crippen LogP contribution in [0.3, 0.4) is 0 Å². The number of nitro benzene ring substituents is 1. The number of anilines is 2. The van der Waals surface area contributed by atoms with Crippen molar-refractivity contribution in [3.8, 4) is 17.0 Å². The van der Waals surface area contributed by atoms with Gasteiger partial charge in [0.05, 0.1) is 29.5 Å². The van der Waals surface area contributed by atoms with Crippen molar-refractivity contribution >= 4 is 28.2 Å². The van der Waals surface area contributed by atoms with E-state index in [-0.39, 0.29) is 23.5 Å². The van der Waals surface area contributed by atoms with Gasteiger partial charge in [-0.25, -0.2) is 9.97 Å². The second kappa shape index (κ2) is 8.71. The lowest BCUT2D eigenvalue weighted by Crippen LogP contribution is -2.26. The van der Waals surface area contributed by atoms with Gasteiger partial charge in [-0.2, -0.15) is 4.39 Å². The zero-order valence-corrected chi connectivity index (χ0v) is 18.6. The fraction of sp³-hybridized carbons (Fsp3) is 0.250. The molecule has 3 heterocycles. The fourth-order valence-corrected chi connectivity index (χ4v) is 4.52. The van der Waals surface area contributed by atoms with Gasteiger partial charge in [-0.1, -0.05) is 18.2 Å². The number of nitrogens with zero attached hydrogens (tertiary/aromatic N) is 4. The topological polar surface area (TPSA) is 104 Å². The second-order valence-corrected chi connectivity index (χ2v) is 8.00. The lowest BCUT2D eigenvalue weighted by Gasteiger charge is -2.25. The number of fused-ring (bicyclic) bond motifs is 3. The number of aromatic nitrogens is 3. The number of benzene rings is 2. The molecule has 10 heteroatoms. The SMILES string of the molecule is COc1cc(F)c([N+](=O)[O-])cc1Nc1nccc(-c2c3n(c4ccccc24)CC(OC)CC3)n1. The molecule has 0 bridgehead atoms. The molecule has 4 aromatic rings. The van der Waals surface area contributed by atoms with E-state index in [2.05, 4.69) is 27.0 Å². The Labute approximate surface area is 194 Å². The highest BCUT2D eigenvalue weighted by Crippen LogP contribution is 2.38. The van der Waals surface area contributed by atoms with Crippen molar-refractivity contribution in [2.75, 3.05) is 19.5 Å². The first-order valence-corrected chi connectivity index (χ1v) is 10.8. The summed E-state index contributed by atoms with van der Waals surface area (Å²) >= 11 is 0. The maximum absolute atomic E-state index is 14.0. The number of para-hydroxylation sites is 1. The van der Waals surface area contributed by atoms with Crippen molar-refractivity contribution in [2.24, 2.45) is 0 Å². The predicted octanol–water partition coefficient (Wildman–Crippen LogP) is 4.86. The second-order valence-electron chi connectivity index (χ2n) is 8.00. The third kappa shape index (κ3) is 3.71. The smallest absolute Gasteiger partial charge is 0.307 e. The van der Waals surface area contributed by atoms with Gasteiger partial charge in [-0.3, -0.25) is 10.1 Å². The van der Waals surface area contributed by atoms with E-state index in [0.717, 1.165) is 48.0 Å². The van der Waals surface area contributed by atoms with Gasteiger partial charge >= 0.3 is 5.69 Å². The Balaban J connectivity index is 1.58. The van der Waals surface area contributed by atoms with E-state index < -0.39 is 16.4 Å². The molecular weight excluding hydrogens is 441 g/mol. The van der Waals surface area contributed by atoms with Gasteiger partial charge < -0.3 is 19.4 Å². The maximum Gasteiger partial charge on any atom is 0.307 e. The van der Waals surface area contributed by atoms with Crippen LogP contribution in [0, 0.1) is 15.9 Å². The fourth-order valence-electron chi connectivity index (χ4n) is 4.52. The van der Waals surface area contributed by atoms with Gasteiger partial charge in [0.25, 0.3) is 0 Å². The van der Waals surface area contributed by atoms with E-state index in [9.17, 15) is 14.5 Å². The van der Waals surface area contributed by atoms with Gasteiger partial charge in [0.2, 0.25) is 11.8 Å². The minimum atomic E-state index is -0.983. The van der Waals surface area contributed by atoms with Crippen molar-refractivity contribution in [1.29, 1.82) is 0 Å². The molecule has 2 aromatic heterocycles. The van der Waals surface area contributed by atoms with Crippen molar-refractivity contribution in [3.05, 3.63) is 70.3 Å². The van der Waals surface area contributed by atoms with E-state index in [1.54, 1.807) is 13.3 Å². The Hall–Kier alpha value is -4.05. The monoisotopic (exact) mass is 463 g/mol. The number of nitrogens with one attached hydrogen (secondary N) is 1. The predicted molar refractivity (Wildman–Crippen MR) is 125 cm³/mol. The Morgan fingerprint density at radius 1 is 1.24 bits per heavy atom. The van der Waals surface area contributed by atoms with E-state index >= 15 is 0 Å². The molecule has 34 heavy (non-hydrogen) atoms. The molecule has 1 unspecified atom stereocenters. The van der Waals surface area contributed by atoms with Gasteiger partial charge in [-0.05, 0) is 25.0 Å². The molecule has 174 valence electrons. The van der Waals surface area contributed by atoms with Crippen LogP contribution in [0.1, 0.15) is 12.1 Å². The molecule has 0 aliphatic carbocycles. The number of rotatable bonds is 6. The van der Waals surface area contributed by atoms with Crippen LogP contribution in [0.2, 0.25) is 0 Å². The van der Waals surface area contributed by atoms with Crippen LogP contribution in [0.15, 0.2) is 48.7 Å². The van der Waals surface area contributed by atoms with Gasteiger partial charge in [0, 0.05) is 54.1 Å². The highest BCUT2D eigenvalue weighted by atomic mass is 19.1. The summed E-state index contributed by atoms with van der Waals surface area (Å²) in [5.41, 5.74) is 3.55. The molecule has 1 N–H and O–H groups in total. The van der Waals surface area contributed by atoms with Crippen molar-refractivity contribution < 1.29 is 18.8 Å². The minimum Gasteiger partial charge on any atom is -0.494 e. The first-order chi connectivity index (χ1) is 16.5. The molecule has 0 radical (unpaired) electrons. The molecule has 0 amide bonds. The average Bonchev–Trinajstić information content (AvgIpc) is 3.18. The average molecular weight is 463 g/mol. The van der Waals surface area contributed by atoms with E-state index in [0.29, 0.717) is 5.69 Å². The Kier molecular flexibility index (Phi) is 5.58. The van der Waals surface area contributed by atoms with Crippen molar-refractivity contribution in [3.63, 3.8) is 0 Å². The first-order valence-electron chi connectivity index (χ1n) is 10.8. The normalized spacial score (nSPS) is 15.2. The highest BCUT2D eigenvalue weighted by Gasteiger charge is 2.26. The molecule has 0 spiro atoms. The summed E-state index contributed by atoms with van der Waals surface area (Å²) < 4.78 is 27.1. The number of ether oxygens (including phenoxy) is 2. The molecule has 1 atom stereocenters. The standard InChI is InChI=1S/C24H22FN5O4/c1-33-14-7-8-20-23(15-5-3-4-6-19(15)29(20)13-14)17-9-10-26-24(27-17)28-18-12-21(30(31)32)16(25)11-22(18)34-2/h3-6,9-12,14H,7-8,13H2,1-2H3,(H,26,27,28). The number of methoxy groups -OCH3 is 2. The summed E-state index contributed by atoms with van der Waals surface area (Å²) in [7, 11) is 3.09. The van der Waals surface area contributed by atoms with Crippen LogP contribution in [0.5, 0.6) is 5.75 Å². The van der Waals surface area contributed by atoms with Crippen LogP contribution in [-0.4, -0.2) is 39.8 Å². The molecule has 0 saturated heterocycles. The maximum atomic E-state index is 14.0. The quantitative estimate of drug-likeness (QED) is 0.322. The number of hydrogen-bond donors (Lipinski definition) is 1. The summed E-state index contributed by atoms with van der Waals surface area (Å²) in [6.45, 7) is 0.763. The largest absolute Gasteiger partial charge is 0.494 e. The summed E-state index contributed by atoms with van der Waals surface area (Å²) in [6.07, 6.45) is 3.52. The lowest BCUT2D eigenvalue weighted by molar-refractivity contribution is -0.387. The molecule has 0 saturated carbocycles. The molecule has 9 nitrogen and oxygen atoms in total. The number of hydrogen-bond acceptors (Lipinski definition) is 7. The Bertz CT molecular complexity index is 1400. The van der Waals surface area contributed by atoms with Crippen LogP contribution in [0.4, 0.5) is 21.7 Å². The third-order valence-electron chi connectivity index (χ3n) is 6.13. The minimum absolute atomic E-state index is 0.106. The van der Waals surface area contributed by atoms with E-state index in [1.165, 1.54) is 12.8 Å². The molecule has 1 aliphatic rings. The van der Waals surface area contributed by atoms with Crippen molar-refractivity contribution in [1.82, 2.24) is 14.5 Å². The molecule has 1 aliphatic heterocycles. The Morgan fingerprint density at radius 3 is 2.82 bits per heavy atom. The number of nitro groups is 1. The van der Waals surface area contributed by atoms with Crippen LogP contribution in [-0.2, 0) is 17.7 Å². The highest BCUT2D eigenvalue weighted by molar-refractivity contribution is 5.97. The number of halogens is 1. The molecule has 0 fully saturated rings. The van der Waals surface area contributed by atoms with E-state index in [4.69, 9.17) is 14.5 Å². The van der Waals surface area contributed by atoms with Gasteiger partial charge in [-0.15, -0.1) is 0 Å². The van der Waals surface area contributed by atoms with Crippen LogP contribution >= 0.6 is 0 Å². The molecular formula is C24H22FN5O4. The first kappa shape index (κ1) is 21.8. The summed E-state index contributed by atoms with van der Waals surface area (Å²) in [6, 6.07) is 12.0. The summed E-state index contributed by atoms with van der Waals surface area (Å²) in [5, 5.41) is 15.2. The van der Waals surface area contributed by atoms with Gasteiger partial charge in [0.1, 0.15) is 5.75 Å². The van der Waals surface area contributed by atoms with Crippen LogP contribution < -0.4 is 10.1 Å². The summed E-state index contributed by atoms with van der Waals surface area (Å²) in [4.78, 5) is 19.4. The Morgan fingerprint density at radius 2 is 2.06 bits per heavy atom. The van der Waals surface area contributed by atoms with E-state index in [1.807, 2.05) is 18.2 Å². The zero-order valence-electron chi connectivity index (χ0n) is 18.6. The lowest BCUT2D eigenvalue weighted by atomic mass is 10.0. The van der Waals surface area contributed by atoms with Crippen LogP contribution in [0.25, 0.3) is 22.2 Å². The zero-order chi connectivity index (χ0) is 23.8.